The van der Waals surface area contributed by atoms with Crippen LogP contribution >= 0.6 is 0 Å². The van der Waals surface area contributed by atoms with Crippen LogP contribution in [0.1, 0.15) is 12.0 Å². The highest BCUT2D eigenvalue weighted by atomic mass is 16.5. The summed E-state index contributed by atoms with van der Waals surface area (Å²) in [5.74, 6) is -0.416. The summed E-state index contributed by atoms with van der Waals surface area (Å²) in [5, 5.41) is 4.03. The van der Waals surface area contributed by atoms with E-state index in [1.54, 1.807) is 12.0 Å². The van der Waals surface area contributed by atoms with Crippen LogP contribution in [-0.2, 0) is 27.4 Å². The number of hydrogen-bond donors (Lipinski definition) is 1. The van der Waals surface area contributed by atoms with Crippen molar-refractivity contribution < 1.29 is 14.3 Å². The summed E-state index contributed by atoms with van der Waals surface area (Å²) in [6.07, 6.45) is 2.25. The molecule has 0 saturated carbocycles. The molecular weight excluding hydrogens is 366 g/mol. The molecule has 1 aliphatic heterocycles. The average Bonchev–Trinajstić information content (AvgIpc) is 3.31. The van der Waals surface area contributed by atoms with E-state index < -0.39 is 0 Å². The van der Waals surface area contributed by atoms with Gasteiger partial charge in [0.15, 0.2) is 0 Å². The standard InChI is InChI=1S/C23H25N3O3/c1-29-13-12-25-11-10-19-20(8-5-9-21(19)25)24-23(28)18-14-22(27)26(16-18)15-17-6-3-2-4-7-17/h2-11,18H,12-16H2,1H3,(H,24,28). The summed E-state index contributed by atoms with van der Waals surface area (Å²) in [6.45, 7) is 2.37. The van der Waals surface area contributed by atoms with Crippen molar-refractivity contribution in [2.45, 2.75) is 19.5 Å². The third-order valence-corrected chi connectivity index (χ3v) is 5.41. The summed E-state index contributed by atoms with van der Waals surface area (Å²) in [6, 6.07) is 17.7. The Morgan fingerprint density at radius 2 is 1.97 bits per heavy atom. The number of ether oxygens (including phenoxy) is 1. The average molecular weight is 391 g/mol. The first-order valence-electron chi connectivity index (χ1n) is 9.85. The minimum Gasteiger partial charge on any atom is -0.383 e. The first-order valence-corrected chi connectivity index (χ1v) is 9.85. The van der Waals surface area contributed by atoms with Gasteiger partial charge in [0.05, 0.1) is 23.7 Å². The maximum absolute atomic E-state index is 12.9. The fraction of sp³-hybridized carbons (Fsp3) is 0.304. The number of hydrogen-bond acceptors (Lipinski definition) is 3. The highest BCUT2D eigenvalue weighted by Gasteiger charge is 2.34. The molecule has 0 spiro atoms. The minimum absolute atomic E-state index is 0.0259. The molecule has 1 atom stereocenters. The lowest BCUT2D eigenvalue weighted by Crippen LogP contribution is -2.28. The molecule has 150 valence electrons. The van der Waals surface area contributed by atoms with Gasteiger partial charge in [0.1, 0.15) is 0 Å². The maximum atomic E-state index is 12.9. The molecule has 0 aliphatic carbocycles. The number of rotatable bonds is 7. The Hall–Kier alpha value is -3.12. The van der Waals surface area contributed by atoms with E-state index in [-0.39, 0.29) is 24.2 Å². The van der Waals surface area contributed by atoms with Crippen molar-refractivity contribution >= 4 is 28.4 Å². The Balaban J connectivity index is 1.44. The van der Waals surface area contributed by atoms with Crippen molar-refractivity contribution in [3.8, 4) is 0 Å². The SMILES string of the molecule is COCCn1ccc2c(NC(=O)C3CC(=O)N(Cc4ccccc4)C3)cccc21. The van der Waals surface area contributed by atoms with Crippen LogP contribution in [0.3, 0.4) is 0 Å². The molecule has 2 heterocycles. The molecule has 0 radical (unpaired) electrons. The molecule has 1 saturated heterocycles. The number of aromatic nitrogens is 1. The van der Waals surface area contributed by atoms with Gasteiger partial charge in [0.25, 0.3) is 0 Å². The quantitative estimate of drug-likeness (QED) is 0.672. The number of amides is 2. The number of methoxy groups -OCH3 is 1. The van der Waals surface area contributed by atoms with E-state index in [1.807, 2.05) is 60.8 Å². The van der Waals surface area contributed by atoms with Crippen molar-refractivity contribution in [1.82, 2.24) is 9.47 Å². The largest absolute Gasteiger partial charge is 0.383 e. The van der Waals surface area contributed by atoms with Crippen molar-refractivity contribution in [2.24, 2.45) is 5.92 Å². The smallest absolute Gasteiger partial charge is 0.229 e. The molecule has 29 heavy (non-hydrogen) atoms. The van der Waals surface area contributed by atoms with Crippen LogP contribution in [0.5, 0.6) is 0 Å². The zero-order valence-electron chi connectivity index (χ0n) is 16.5. The van der Waals surface area contributed by atoms with Gasteiger partial charge in [-0.2, -0.15) is 0 Å². The van der Waals surface area contributed by atoms with Crippen LogP contribution in [-0.4, -0.2) is 41.5 Å². The number of benzene rings is 2. The lowest BCUT2D eigenvalue weighted by molar-refractivity contribution is -0.128. The van der Waals surface area contributed by atoms with E-state index in [4.69, 9.17) is 4.74 Å². The van der Waals surface area contributed by atoms with Crippen LogP contribution < -0.4 is 5.32 Å². The third-order valence-electron chi connectivity index (χ3n) is 5.41. The molecule has 1 aromatic heterocycles. The first kappa shape index (κ1) is 19.2. The van der Waals surface area contributed by atoms with Crippen LogP contribution in [0.4, 0.5) is 5.69 Å². The van der Waals surface area contributed by atoms with Gasteiger partial charge < -0.3 is 19.5 Å². The first-order chi connectivity index (χ1) is 14.2. The topological polar surface area (TPSA) is 63.6 Å². The Kier molecular flexibility index (Phi) is 5.62. The second-order valence-electron chi connectivity index (χ2n) is 7.39. The van der Waals surface area contributed by atoms with Gasteiger partial charge in [0, 0.05) is 44.7 Å². The van der Waals surface area contributed by atoms with Gasteiger partial charge in [-0.1, -0.05) is 36.4 Å². The van der Waals surface area contributed by atoms with Gasteiger partial charge >= 0.3 is 0 Å². The Morgan fingerprint density at radius 1 is 1.14 bits per heavy atom. The fourth-order valence-corrected chi connectivity index (χ4v) is 3.86. The number of anilines is 1. The van der Waals surface area contributed by atoms with E-state index in [1.165, 1.54) is 0 Å². The summed E-state index contributed by atoms with van der Waals surface area (Å²) in [5.41, 5.74) is 2.90. The second kappa shape index (κ2) is 8.49. The van der Waals surface area contributed by atoms with Crippen molar-refractivity contribution in [2.75, 3.05) is 25.6 Å². The molecular formula is C23H25N3O3. The van der Waals surface area contributed by atoms with Crippen molar-refractivity contribution in [3.63, 3.8) is 0 Å². The van der Waals surface area contributed by atoms with Crippen LogP contribution in [0.2, 0.25) is 0 Å². The van der Waals surface area contributed by atoms with Gasteiger partial charge in [0.2, 0.25) is 11.8 Å². The highest BCUT2D eigenvalue weighted by Crippen LogP contribution is 2.27. The highest BCUT2D eigenvalue weighted by molar-refractivity contribution is 6.03. The molecule has 0 bridgehead atoms. The van der Waals surface area contributed by atoms with Gasteiger partial charge in [-0.25, -0.2) is 0 Å². The second-order valence-corrected chi connectivity index (χ2v) is 7.39. The lowest BCUT2D eigenvalue weighted by atomic mass is 10.1. The predicted molar refractivity (Wildman–Crippen MR) is 112 cm³/mol. The number of nitrogens with zero attached hydrogens (tertiary/aromatic N) is 2. The monoisotopic (exact) mass is 391 g/mol. The molecule has 6 nitrogen and oxygen atoms in total. The van der Waals surface area contributed by atoms with E-state index in [9.17, 15) is 9.59 Å². The minimum atomic E-state index is -0.336. The lowest BCUT2D eigenvalue weighted by Gasteiger charge is -2.17. The Labute approximate surface area is 170 Å². The molecule has 6 heteroatoms. The van der Waals surface area contributed by atoms with Crippen molar-refractivity contribution in [3.05, 3.63) is 66.4 Å². The fourth-order valence-electron chi connectivity index (χ4n) is 3.86. The normalized spacial score (nSPS) is 16.5. The number of likely N-dealkylation sites (tertiary alicyclic amines) is 1. The van der Waals surface area contributed by atoms with Crippen LogP contribution in [0.25, 0.3) is 10.9 Å². The summed E-state index contributed by atoms with van der Waals surface area (Å²) < 4.78 is 7.27. The predicted octanol–water partition coefficient (Wildman–Crippen LogP) is 3.27. The van der Waals surface area contributed by atoms with Crippen LogP contribution in [0, 0.1) is 5.92 Å². The number of carbonyl (C=O) groups is 2. The van der Waals surface area contributed by atoms with E-state index in [2.05, 4.69) is 9.88 Å². The third kappa shape index (κ3) is 4.17. The van der Waals surface area contributed by atoms with E-state index in [0.717, 1.165) is 28.7 Å². The molecule has 1 unspecified atom stereocenters. The number of carbonyl (C=O) groups excluding carboxylic acids is 2. The molecule has 4 rings (SSSR count). The van der Waals surface area contributed by atoms with Gasteiger partial charge in [-0.15, -0.1) is 0 Å². The van der Waals surface area contributed by atoms with Crippen LogP contribution in [0.15, 0.2) is 60.8 Å². The van der Waals surface area contributed by atoms with Gasteiger partial charge in [-0.05, 0) is 23.8 Å². The molecule has 1 fully saturated rings. The summed E-state index contributed by atoms with van der Waals surface area (Å²) >= 11 is 0. The summed E-state index contributed by atoms with van der Waals surface area (Å²) in [7, 11) is 1.68. The number of nitrogens with one attached hydrogen (secondary N) is 1. The Morgan fingerprint density at radius 3 is 2.76 bits per heavy atom. The van der Waals surface area contributed by atoms with E-state index >= 15 is 0 Å². The van der Waals surface area contributed by atoms with E-state index in [0.29, 0.717) is 19.7 Å². The molecule has 1 N–H and O–H groups in total. The molecule has 2 aromatic carbocycles. The summed E-state index contributed by atoms with van der Waals surface area (Å²) in [4.78, 5) is 27.0. The zero-order valence-corrected chi connectivity index (χ0v) is 16.5. The molecule has 2 amide bonds. The van der Waals surface area contributed by atoms with Crippen molar-refractivity contribution in [1.29, 1.82) is 0 Å². The maximum Gasteiger partial charge on any atom is 0.229 e. The van der Waals surface area contributed by atoms with Gasteiger partial charge in [-0.3, -0.25) is 9.59 Å². The molecule has 1 aliphatic rings. The molecule has 3 aromatic rings. The Bertz CT molecular complexity index is 1010. The number of fused-ring (bicyclic) bond motifs is 1. The zero-order chi connectivity index (χ0) is 20.2.